The number of furan rings is 1. The molecule has 27 heavy (non-hydrogen) atoms. The topological polar surface area (TPSA) is 22.4 Å². The van der Waals surface area contributed by atoms with Gasteiger partial charge in [0, 0.05) is 17.2 Å². The van der Waals surface area contributed by atoms with Gasteiger partial charge in [0.15, 0.2) is 0 Å². The minimum absolute atomic E-state index is 0.962. The molecule has 1 aliphatic rings. The molecule has 4 aromatic carbocycles. The zero-order valence-corrected chi connectivity index (χ0v) is 14.8. The predicted octanol–water partition coefficient (Wildman–Crippen LogP) is 6.97. The quantitative estimate of drug-likeness (QED) is 0.295. The SMILES string of the molecule is c1ccc2c(c1)Cc1ccccc1O2.c1ccc2c(c1)oc1ccccc12. The molecule has 2 heteroatoms. The molecule has 1 aliphatic heterocycles. The molecular formula is C25H18O2. The van der Waals surface area contributed by atoms with E-state index >= 15 is 0 Å². The van der Waals surface area contributed by atoms with Crippen LogP contribution in [0.3, 0.4) is 0 Å². The van der Waals surface area contributed by atoms with Crippen molar-refractivity contribution in [1.82, 2.24) is 0 Å². The van der Waals surface area contributed by atoms with Gasteiger partial charge in [0.05, 0.1) is 0 Å². The zero-order valence-electron chi connectivity index (χ0n) is 14.8. The normalized spacial score (nSPS) is 11.9. The summed E-state index contributed by atoms with van der Waals surface area (Å²) >= 11 is 0. The Hall–Kier alpha value is -3.52. The van der Waals surface area contributed by atoms with Crippen molar-refractivity contribution in [3.8, 4) is 11.5 Å². The molecular weight excluding hydrogens is 332 g/mol. The van der Waals surface area contributed by atoms with Crippen LogP contribution in [-0.4, -0.2) is 0 Å². The van der Waals surface area contributed by atoms with E-state index in [0.29, 0.717) is 0 Å². The van der Waals surface area contributed by atoms with Crippen LogP contribution in [0.25, 0.3) is 21.9 Å². The predicted molar refractivity (Wildman–Crippen MR) is 109 cm³/mol. The van der Waals surface area contributed by atoms with Gasteiger partial charge in [0.25, 0.3) is 0 Å². The maximum absolute atomic E-state index is 5.78. The number of rotatable bonds is 0. The molecule has 0 N–H and O–H groups in total. The van der Waals surface area contributed by atoms with E-state index < -0.39 is 0 Å². The summed E-state index contributed by atoms with van der Waals surface area (Å²) in [6.07, 6.45) is 0.979. The second kappa shape index (κ2) is 6.65. The Morgan fingerprint density at radius 2 is 0.926 bits per heavy atom. The first-order chi connectivity index (χ1) is 13.4. The van der Waals surface area contributed by atoms with Crippen molar-refractivity contribution in [3.05, 3.63) is 108 Å². The van der Waals surface area contributed by atoms with Gasteiger partial charge in [0.1, 0.15) is 22.7 Å². The molecule has 0 atom stereocenters. The van der Waals surface area contributed by atoms with Gasteiger partial charge >= 0.3 is 0 Å². The van der Waals surface area contributed by atoms with Crippen molar-refractivity contribution in [2.75, 3.05) is 0 Å². The summed E-state index contributed by atoms with van der Waals surface area (Å²) in [5.74, 6) is 1.98. The Labute approximate surface area is 157 Å². The van der Waals surface area contributed by atoms with Crippen molar-refractivity contribution < 1.29 is 9.15 Å². The summed E-state index contributed by atoms with van der Waals surface area (Å²) in [4.78, 5) is 0. The molecule has 5 aromatic rings. The second-order valence-electron chi connectivity index (χ2n) is 6.59. The van der Waals surface area contributed by atoms with Crippen molar-refractivity contribution in [1.29, 1.82) is 0 Å². The van der Waals surface area contributed by atoms with Gasteiger partial charge in [-0.3, -0.25) is 0 Å². The molecule has 0 unspecified atom stereocenters. The zero-order chi connectivity index (χ0) is 18.1. The molecule has 0 amide bonds. The molecule has 0 radical (unpaired) electrons. The maximum atomic E-state index is 5.78. The third-order valence-electron chi connectivity index (χ3n) is 4.83. The lowest BCUT2D eigenvalue weighted by Crippen LogP contribution is -2.01. The van der Waals surface area contributed by atoms with Gasteiger partial charge in [-0.2, -0.15) is 0 Å². The number of benzene rings is 4. The molecule has 0 spiro atoms. The van der Waals surface area contributed by atoms with E-state index in [1.54, 1.807) is 0 Å². The minimum atomic E-state index is 0.962. The van der Waals surface area contributed by atoms with Crippen LogP contribution < -0.4 is 4.74 Å². The van der Waals surface area contributed by atoms with Crippen LogP contribution >= 0.6 is 0 Å². The maximum Gasteiger partial charge on any atom is 0.135 e. The van der Waals surface area contributed by atoms with E-state index in [4.69, 9.17) is 9.15 Å². The lowest BCUT2D eigenvalue weighted by molar-refractivity contribution is 0.460. The number of ether oxygens (including phenoxy) is 1. The number of hydrogen-bond donors (Lipinski definition) is 0. The van der Waals surface area contributed by atoms with Crippen LogP contribution in [0.2, 0.25) is 0 Å². The Kier molecular flexibility index (Phi) is 3.87. The van der Waals surface area contributed by atoms with Crippen molar-refractivity contribution in [2.45, 2.75) is 6.42 Å². The standard InChI is InChI=1S/C13H10O.C12H8O/c1-3-7-12-10(5-1)9-11-6-2-4-8-13(11)14-12;1-3-7-11-9(5-1)10-6-2-4-8-12(10)13-11/h1-8H,9H2;1-8H. The summed E-state index contributed by atoms with van der Waals surface area (Å²) in [6.45, 7) is 0. The largest absolute Gasteiger partial charge is 0.457 e. The van der Waals surface area contributed by atoms with Crippen LogP contribution in [-0.2, 0) is 6.42 Å². The van der Waals surface area contributed by atoms with Gasteiger partial charge in [-0.25, -0.2) is 0 Å². The Bertz CT molecular complexity index is 1100. The monoisotopic (exact) mass is 350 g/mol. The van der Waals surface area contributed by atoms with E-state index in [0.717, 1.165) is 29.1 Å². The number of hydrogen-bond acceptors (Lipinski definition) is 2. The van der Waals surface area contributed by atoms with Crippen LogP contribution in [0.5, 0.6) is 11.5 Å². The summed E-state index contributed by atoms with van der Waals surface area (Å²) < 4.78 is 11.4. The minimum Gasteiger partial charge on any atom is -0.457 e. The van der Waals surface area contributed by atoms with Gasteiger partial charge in [-0.05, 0) is 35.4 Å². The molecule has 0 saturated heterocycles. The lowest BCUT2D eigenvalue weighted by Gasteiger charge is -2.19. The molecule has 1 aromatic heterocycles. The third-order valence-corrected chi connectivity index (χ3v) is 4.83. The van der Waals surface area contributed by atoms with E-state index in [1.807, 2.05) is 60.7 Å². The first-order valence-electron chi connectivity index (χ1n) is 9.08. The summed E-state index contributed by atoms with van der Waals surface area (Å²) in [6, 6.07) is 32.6. The molecule has 0 aliphatic carbocycles. The smallest absolute Gasteiger partial charge is 0.135 e. The molecule has 6 rings (SSSR count). The molecule has 2 heterocycles. The van der Waals surface area contributed by atoms with Crippen molar-refractivity contribution in [2.24, 2.45) is 0 Å². The van der Waals surface area contributed by atoms with Gasteiger partial charge in [-0.1, -0.05) is 72.8 Å². The van der Waals surface area contributed by atoms with Crippen molar-refractivity contribution in [3.63, 3.8) is 0 Å². The Morgan fingerprint density at radius 1 is 0.481 bits per heavy atom. The lowest BCUT2D eigenvalue weighted by atomic mass is 10.0. The van der Waals surface area contributed by atoms with E-state index in [2.05, 4.69) is 36.4 Å². The number of para-hydroxylation sites is 4. The summed E-state index contributed by atoms with van der Waals surface area (Å²) in [5, 5.41) is 2.39. The first kappa shape index (κ1) is 15.7. The second-order valence-corrected chi connectivity index (χ2v) is 6.59. The van der Waals surface area contributed by atoms with Gasteiger partial charge in [-0.15, -0.1) is 0 Å². The molecule has 0 bridgehead atoms. The fraction of sp³-hybridized carbons (Fsp3) is 0.0400. The summed E-state index contributed by atoms with van der Waals surface area (Å²) in [5.41, 5.74) is 4.46. The highest BCUT2D eigenvalue weighted by molar-refractivity contribution is 6.04. The fourth-order valence-corrected chi connectivity index (χ4v) is 3.50. The molecule has 130 valence electrons. The number of fused-ring (bicyclic) bond motifs is 5. The molecule has 2 nitrogen and oxygen atoms in total. The van der Waals surface area contributed by atoms with Crippen molar-refractivity contribution >= 4 is 21.9 Å². The Balaban J connectivity index is 0.000000119. The van der Waals surface area contributed by atoms with Gasteiger partial charge in [0.2, 0.25) is 0 Å². The highest BCUT2D eigenvalue weighted by Crippen LogP contribution is 2.35. The van der Waals surface area contributed by atoms with Crippen LogP contribution in [0.15, 0.2) is 101 Å². The third kappa shape index (κ3) is 2.96. The average molecular weight is 350 g/mol. The van der Waals surface area contributed by atoms with Crippen LogP contribution in [0.1, 0.15) is 11.1 Å². The highest BCUT2D eigenvalue weighted by Gasteiger charge is 2.14. The van der Waals surface area contributed by atoms with Crippen LogP contribution in [0.4, 0.5) is 0 Å². The highest BCUT2D eigenvalue weighted by atomic mass is 16.5. The average Bonchev–Trinajstić information content (AvgIpc) is 3.11. The summed E-state index contributed by atoms with van der Waals surface area (Å²) in [7, 11) is 0. The van der Waals surface area contributed by atoms with E-state index in [1.165, 1.54) is 21.9 Å². The van der Waals surface area contributed by atoms with Gasteiger partial charge < -0.3 is 9.15 Å². The van der Waals surface area contributed by atoms with Crippen LogP contribution in [0, 0.1) is 0 Å². The first-order valence-corrected chi connectivity index (χ1v) is 9.08. The molecule has 0 saturated carbocycles. The molecule has 0 fully saturated rings. The van der Waals surface area contributed by atoms with E-state index in [-0.39, 0.29) is 0 Å². The Morgan fingerprint density at radius 3 is 1.48 bits per heavy atom. The van der Waals surface area contributed by atoms with E-state index in [9.17, 15) is 0 Å². The fourth-order valence-electron chi connectivity index (χ4n) is 3.50.